The summed E-state index contributed by atoms with van der Waals surface area (Å²) < 4.78 is 7.56. The SMILES string of the molecule is CCc1cnc(SCC(=O)O)n1C(C)CN1CCOCC1. The number of nitrogens with zero attached hydrogens (tertiary/aromatic N) is 3. The van der Waals surface area contributed by atoms with Crippen molar-refractivity contribution in [1.82, 2.24) is 14.5 Å². The molecule has 0 amide bonds. The fourth-order valence-corrected chi connectivity index (χ4v) is 3.40. The van der Waals surface area contributed by atoms with Gasteiger partial charge in [-0.05, 0) is 13.3 Å². The van der Waals surface area contributed by atoms with Gasteiger partial charge in [0.15, 0.2) is 5.16 Å². The van der Waals surface area contributed by atoms with Crippen LogP contribution in [0.25, 0.3) is 0 Å². The van der Waals surface area contributed by atoms with Gasteiger partial charge in [-0.1, -0.05) is 18.7 Å². The Morgan fingerprint density at radius 1 is 1.52 bits per heavy atom. The van der Waals surface area contributed by atoms with Crippen LogP contribution in [0.15, 0.2) is 11.4 Å². The number of carboxylic acid groups (broad SMARTS) is 1. The third-order valence-electron chi connectivity index (χ3n) is 3.59. The molecule has 0 bridgehead atoms. The molecule has 2 rings (SSSR count). The number of aromatic nitrogens is 2. The van der Waals surface area contributed by atoms with Gasteiger partial charge in [-0.2, -0.15) is 0 Å². The largest absolute Gasteiger partial charge is 0.481 e. The van der Waals surface area contributed by atoms with E-state index in [0.29, 0.717) is 0 Å². The van der Waals surface area contributed by atoms with Crippen molar-refractivity contribution >= 4 is 17.7 Å². The zero-order valence-electron chi connectivity index (χ0n) is 12.6. The molecule has 118 valence electrons. The highest BCUT2D eigenvalue weighted by Crippen LogP contribution is 2.24. The third kappa shape index (κ3) is 4.46. The van der Waals surface area contributed by atoms with E-state index in [1.807, 2.05) is 6.20 Å². The normalized spacial score (nSPS) is 17.8. The lowest BCUT2D eigenvalue weighted by Gasteiger charge is -2.30. The average molecular weight is 313 g/mol. The molecule has 1 aromatic rings. The molecule has 7 heteroatoms. The molecule has 21 heavy (non-hydrogen) atoms. The van der Waals surface area contributed by atoms with Gasteiger partial charge < -0.3 is 14.4 Å². The standard InChI is InChI=1S/C14H23N3O3S/c1-3-12-8-15-14(21-10-13(18)19)17(12)11(2)9-16-4-6-20-7-5-16/h8,11H,3-7,9-10H2,1-2H3,(H,18,19). The summed E-state index contributed by atoms with van der Waals surface area (Å²) in [6.07, 6.45) is 2.76. The Kier molecular flexibility index (Phi) is 6.08. The van der Waals surface area contributed by atoms with Gasteiger partial charge in [0.25, 0.3) is 0 Å². The first-order valence-corrected chi connectivity index (χ1v) is 8.31. The zero-order chi connectivity index (χ0) is 15.2. The van der Waals surface area contributed by atoms with E-state index in [0.717, 1.165) is 50.1 Å². The lowest BCUT2D eigenvalue weighted by Crippen LogP contribution is -2.39. The number of carbonyl (C=O) groups is 1. The van der Waals surface area contributed by atoms with Crippen LogP contribution in [0.5, 0.6) is 0 Å². The van der Waals surface area contributed by atoms with Crippen LogP contribution in [-0.2, 0) is 16.0 Å². The summed E-state index contributed by atoms with van der Waals surface area (Å²) in [6, 6.07) is 0.275. The van der Waals surface area contributed by atoms with Gasteiger partial charge in [-0.25, -0.2) is 4.98 Å². The number of hydrogen-bond acceptors (Lipinski definition) is 5. The molecule has 1 aromatic heterocycles. The highest BCUT2D eigenvalue weighted by atomic mass is 32.2. The average Bonchev–Trinajstić information content (AvgIpc) is 2.89. The second-order valence-electron chi connectivity index (χ2n) is 5.20. The number of ether oxygens (including phenoxy) is 1. The fraction of sp³-hybridized carbons (Fsp3) is 0.714. The molecule has 0 spiro atoms. The first-order chi connectivity index (χ1) is 10.1. The Morgan fingerprint density at radius 3 is 2.86 bits per heavy atom. The van der Waals surface area contributed by atoms with Crippen molar-refractivity contribution < 1.29 is 14.6 Å². The number of aryl methyl sites for hydroxylation is 1. The van der Waals surface area contributed by atoms with E-state index in [-0.39, 0.29) is 11.8 Å². The summed E-state index contributed by atoms with van der Waals surface area (Å²) in [5.74, 6) is -0.766. The maximum Gasteiger partial charge on any atom is 0.313 e. The first kappa shape index (κ1) is 16.3. The monoisotopic (exact) mass is 313 g/mol. The van der Waals surface area contributed by atoms with Crippen LogP contribution in [-0.4, -0.2) is 64.1 Å². The van der Waals surface area contributed by atoms with E-state index in [4.69, 9.17) is 9.84 Å². The van der Waals surface area contributed by atoms with Gasteiger partial charge >= 0.3 is 5.97 Å². The molecule has 1 N–H and O–H groups in total. The van der Waals surface area contributed by atoms with E-state index in [2.05, 4.69) is 28.3 Å². The number of hydrogen-bond donors (Lipinski definition) is 1. The smallest absolute Gasteiger partial charge is 0.313 e. The third-order valence-corrected chi connectivity index (χ3v) is 4.54. The van der Waals surface area contributed by atoms with Crippen LogP contribution < -0.4 is 0 Å². The predicted molar refractivity (Wildman–Crippen MR) is 81.9 cm³/mol. The highest BCUT2D eigenvalue weighted by molar-refractivity contribution is 7.99. The zero-order valence-corrected chi connectivity index (χ0v) is 13.4. The Hall–Kier alpha value is -1.05. The van der Waals surface area contributed by atoms with Crippen LogP contribution in [0.4, 0.5) is 0 Å². The quantitative estimate of drug-likeness (QED) is 0.770. The minimum Gasteiger partial charge on any atom is -0.481 e. The van der Waals surface area contributed by atoms with Gasteiger partial charge in [-0.3, -0.25) is 9.69 Å². The molecule has 0 aromatic carbocycles. The number of carboxylic acids is 1. The summed E-state index contributed by atoms with van der Waals surface area (Å²) in [5, 5.41) is 9.65. The minimum absolute atomic E-state index is 0.0461. The summed E-state index contributed by atoms with van der Waals surface area (Å²) in [6.45, 7) is 8.70. The molecule has 6 nitrogen and oxygen atoms in total. The summed E-state index contributed by atoms with van der Waals surface area (Å²) in [4.78, 5) is 17.5. The molecule has 1 atom stereocenters. The van der Waals surface area contributed by atoms with Crippen LogP contribution in [0, 0.1) is 0 Å². The molecule has 2 heterocycles. The van der Waals surface area contributed by atoms with Crippen molar-refractivity contribution in [2.75, 3.05) is 38.6 Å². The van der Waals surface area contributed by atoms with Crippen molar-refractivity contribution in [2.24, 2.45) is 0 Å². The second-order valence-corrected chi connectivity index (χ2v) is 6.14. The van der Waals surface area contributed by atoms with Crippen molar-refractivity contribution in [3.8, 4) is 0 Å². The van der Waals surface area contributed by atoms with Crippen LogP contribution >= 0.6 is 11.8 Å². The number of thioether (sulfide) groups is 1. The molecule has 1 unspecified atom stereocenters. The molecule has 1 aliphatic heterocycles. The molecular weight excluding hydrogens is 290 g/mol. The maximum absolute atomic E-state index is 10.8. The molecule has 0 radical (unpaired) electrons. The summed E-state index contributed by atoms with van der Waals surface area (Å²) in [7, 11) is 0. The molecule has 1 aliphatic rings. The van der Waals surface area contributed by atoms with Gasteiger partial charge in [0.05, 0.1) is 19.0 Å². The van der Waals surface area contributed by atoms with Crippen molar-refractivity contribution in [1.29, 1.82) is 0 Å². The Morgan fingerprint density at radius 2 is 2.24 bits per heavy atom. The minimum atomic E-state index is -0.812. The van der Waals surface area contributed by atoms with E-state index in [1.165, 1.54) is 11.8 Å². The van der Waals surface area contributed by atoms with Crippen LogP contribution in [0.3, 0.4) is 0 Å². The van der Waals surface area contributed by atoms with E-state index in [1.54, 1.807) is 0 Å². The van der Waals surface area contributed by atoms with E-state index in [9.17, 15) is 4.79 Å². The Balaban J connectivity index is 2.07. The van der Waals surface area contributed by atoms with Crippen molar-refractivity contribution in [3.05, 3.63) is 11.9 Å². The van der Waals surface area contributed by atoms with Crippen molar-refractivity contribution in [3.63, 3.8) is 0 Å². The lowest BCUT2D eigenvalue weighted by molar-refractivity contribution is -0.133. The maximum atomic E-state index is 10.8. The van der Waals surface area contributed by atoms with Gasteiger partial charge in [0.1, 0.15) is 0 Å². The van der Waals surface area contributed by atoms with Crippen LogP contribution in [0.1, 0.15) is 25.6 Å². The first-order valence-electron chi connectivity index (χ1n) is 7.32. The van der Waals surface area contributed by atoms with Gasteiger partial charge in [0.2, 0.25) is 0 Å². The lowest BCUT2D eigenvalue weighted by atomic mass is 10.2. The van der Waals surface area contributed by atoms with Gasteiger partial charge in [0, 0.05) is 37.6 Å². The summed E-state index contributed by atoms with van der Waals surface area (Å²) in [5.41, 5.74) is 1.16. The van der Waals surface area contributed by atoms with E-state index >= 15 is 0 Å². The molecular formula is C14H23N3O3S. The molecule has 0 aliphatic carbocycles. The molecule has 1 saturated heterocycles. The Labute approximate surface area is 129 Å². The number of aliphatic carboxylic acids is 1. The van der Waals surface area contributed by atoms with Gasteiger partial charge in [-0.15, -0.1) is 0 Å². The molecule has 0 saturated carbocycles. The topological polar surface area (TPSA) is 67.6 Å². The van der Waals surface area contributed by atoms with Crippen molar-refractivity contribution in [2.45, 2.75) is 31.5 Å². The Bertz CT molecular complexity index is 472. The summed E-state index contributed by atoms with van der Waals surface area (Å²) >= 11 is 1.29. The highest BCUT2D eigenvalue weighted by Gasteiger charge is 2.19. The van der Waals surface area contributed by atoms with E-state index < -0.39 is 5.97 Å². The predicted octanol–water partition coefficient (Wildman–Crippen LogP) is 1.52. The molecule has 1 fully saturated rings. The number of morpholine rings is 1. The van der Waals surface area contributed by atoms with Crippen LogP contribution in [0.2, 0.25) is 0 Å². The number of rotatable bonds is 7. The number of imidazole rings is 1. The second kappa shape index (κ2) is 7.82. The fourth-order valence-electron chi connectivity index (χ4n) is 2.58.